The Morgan fingerprint density at radius 3 is 1.34 bits per heavy atom. The summed E-state index contributed by atoms with van der Waals surface area (Å²) in [5.41, 5.74) is -1.92. The first-order valence-corrected chi connectivity index (χ1v) is 18.9. The van der Waals surface area contributed by atoms with Crippen LogP contribution in [0.3, 0.4) is 0 Å². The van der Waals surface area contributed by atoms with Gasteiger partial charge in [0.15, 0.2) is 0 Å². The molecule has 0 saturated carbocycles. The number of hydrogen-bond acceptors (Lipinski definition) is 9. The minimum absolute atomic E-state index is 0.276. The van der Waals surface area contributed by atoms with Crippen LogP contribution in [0.1, 0.15) is 20.7 Å². The van der Waals surface area contributed by atoms with Gasteiger partial charge in [-0.2, -0.15) is 16.8 Å². The predicted molar refractivity (Wildman–Crippen MR) is 200 cm³/mol. The van der Waals surface area contributed by atoms with E-state index in [0.717, 1.165) is 24.3 Å². The Balaban J connectivity index is 1.24. The molecule has 0 spiro atoms. The molecule has 2 unspecified atom stereocenters. The number of nitrogens with one attached hydrogen (secondary N) is 2. The van der Waals surface area contributed by atoms with Crippen LogP contribution in [0.25, 0.3) is 0 Å². The van der Waals surface area contributed by atoms with Crippen molar-refractivity contribution < 1.29 is 60.1 Å². The van der Waals surface area contributed by atoms with E-state index in [1.165, 1.54) is 24.3 Å². The van der Waals surface area contributed by atoms with Crippen LogP contribution >= 0.6 is 0 Å². The Bertz CT molecular complexity index is 2530. The summed E-state index contributed by atoms with van der Waals surface area (Å²) >= 11 is 0. The van der Waals surface area contributed by atoms with Gasteiger partial charge in [0.1, 0.15) is 9.79 Å². The van der Waals surface area contributed by atoms with E-state index in [9.17, 15) is 60.1 Å². The van der Waals surface area contributed by atoms with Crippen molar-refractivity contribution in [3.05, 3.63) is 143 Å². The van der Waals surface area contributed by atoms with E-state index in [4.69, 9.17) is 0 Å². The van der Waals surface area contributed by atoms with Crippen LogP contribution in [0.5, 0.6) is 0 Å². The molecule has 17 nitrogen and oxygen atoms in total. The van der Waals surface area contributed by atoms with Crippen molar-refractivity contribution in [2.24, 2.45) is 21.8 Å². The normalized spacial score (nSPS) is 19.9. The van der Waals surface area contributed by atoms with Gasteiger partial charge in [0.05, 0.1) is 33.7 Å². The molecule has 4 aliphatic rings. The monoisotopic (exact) mass is 798 g/mol. The standard InChI is InChI=1S/C37H26N4O13S2/c42-33(40-29-15-21-7-3-1-5-19(21)13-27(29)35(44)45)25-11-9-23(17-31(25)55(49,50)51)38-37(48)39-24-10-12-26(32(18-24)56(52,53)54)34(43)41-30-16-22-8-4-2-6-20(22)14-28(30)36(46)47/h1-20H,(H,44,45)(H,46,47)(H2,38,39,48)(H,49,50,51)(H,52,53,54). The number of urea groups is 1. The third-order valence-corrected chi connectivity index (χ3v) is 10.2. The third kappa shape index (κ3) is 8.40. The summed E-state index contributed by atoms with van der Waals surface area (Å²) in [5, 5.41) is 23.9. The van der Waals surface area contributed by atoms with Gasteiger partial charge in [-0.25, -0.2) is 24.4 Å². The average Bonchev–Trinajstić information content (AvgIpc) is 3.13. The van der Waals surface area contributed by atoms with Gasteiger partial charge >= 0.3 is 18.0 Å². The molecular formula is C37H26N4O13S2. The van der Waals surface area contributed by atoms with E-state index in [-0.39, 0.29) is 33.9 Å². The molecule has 0 saturated heterocycles. The number of carbonyl (C=O) groups excluding carboxylic acids is 3. The minimum atomic E-state index is -5.16. The van der Waals surface area contributed by atoms with Crippen LogP contribution in [0.2, 0.25) is 0 Å². The molecule has 4 amide bonds. The van der Waals surface area contributed by atoms with Gasteiger partial charge in [0.25, 0.3) is 32.1 Å². The number of aliphatic imine (C=N–C) groups is 2. The van der Waals surface area contributed by atoms with Gasteiger partial charge in [0.2, 0.25) is 0 Å². The highest BCUT2D eigenvalue weighted by molar-refractivity contribution is 7.86. The molecule has 2 aromatic carbocycles. The summed E-state index contributed by atoms with van der Waals surface area (Å²) in [6.07, 6.45) is 19.0. The van der Waals surface area contributed by atoms with Crippen molar-refractivity contribution in [1.29, 1.82) is 0 Å². The molecule has 56 heavy (non-hydrogen) atoms. The third-order valence-electron chi connectivity index (χ3n) is 8.46. The number of amides is 4. The topological polar surface area (TPSA) is 283 Å². The maximum atomic E-state index is 13.2. The van der Waals surface area contributed by atoms with Crippen LogP contribution in [-0.4, -0.2) is 77.4 Å². The number of benzene rings is 2. The quantitative estimate of drug-likeness (QED) is 0.203. The molecule has 4 aliphatic carbocycles. The van der Waals surface area contributed by atoms with Crippen LogP contribution in [0.4, 0.5) is 16.2 Å². The molecule has 0 aliphatic heterocycles. The van der Waals surface area contributed by atoms with Gasteiger partial charge in [-0.1, -0.05) is 60.8 Å². The Morgan fingerprint density at radius 2 is 0.982 bits per heavy atom. The minimum Gasteiger partial charge on any atom is -0.478 e. The van der Waals surface area contributed by atoms with E-state index in [2.05, 4.69) is 20.6 Å². The molecule has 6 N–H and O–H groups in total. The fourth-order valence-electron chi connectivity index (χ4n) is 5.90. The van der Waals surface area contributed by atoms with E-state index in [0.29, 0.717) is 23.3 Å². The largest absolute Gasteiger partial charge is 0.478 e. The molecule has 0 radical (unpaired) electrons. The van der Waals surface area contributed by atoms with Crippen LogP contribution in [0, 0.1) is 11.8 Å². The maximum Gasteiger partial charge on any atom is 0.337 e. The van der Waals surface area contributed by atoms with Crippen LogP contribution in [0.15, 0.2) is 151 Å². The van der Waals surface area contributed by atoms with Crippen molar-refractivity contribution in [3.63, 3.8) is 0 Å². The van der Waals surface area contributed by atoms with Gasteiger partial charge in [-0.05, 0) is 59.7 Å². The first-order valence-electron chi connectivity index (χ1n) is 16.0. The highest BCUT2D eigenvalue weighted by Gasteiger charge is 2.29. The fourth-order valence-corrected chi connectivity index (χ4v) is 7.32. The van der Waals surface area contributed by atoms with Crippen molar-refractivity contribution in [3.8, 4) is 0 Å². The highest BCUT2D eigenvalue weighted by Crippen LogP contribution is 2.30. The molecule has 2 aromatic rings. The van der Waals surface area contributed by atoms with Crippen LogP contribution in [-0.2, 0) is 29.8 Å². The number of fused-ring (bicyclic) bond motifs is 2. The maximum absolute atomic E-state index is 13.2. The first-order chi connectivity index (χ1) is 26.4. The summed E-state index contributed by atoms with van der Waals surface area (Å²) in [6, 6.07) is 4.24. The Labute approximate surface area is 317 Å². The summed E-state index contributed by atoms with van der Waals surface area (Å²) in [5.74, 6) is -6.05. The molecule has 0 fully saturated rings. The zero-order valence-corrected chi connectivity index (χ0v) is 29.9. The van der Waals surface area contributed by atoms with Crippen LogP contribution < -0.4 is 10.6 Å². The van der Waals surface area contributed by atoms with Gasteiger partial charge in [-0.15, -0.1) is 0 Å². The van der Waals surface area contributed by atoms with Crippen molar-refractivity contribution in [1.82, 2.24) is 0 Å². The Hall–Kier alpha value is -6.93. The summed E-state index contributed by atoms with van der Waals surface area (Å²) in [7, 11) is -10.3. The second-order valence-corrected chi connectivity index (χ2v) is 14.9. The predicted octanol–water partition coefficient (Wildman–Crippen LogP) is 4.37. The number of rotatable bonds is 8. The Kier molecular flexibility index (Phi) is 10.4. The second-order valence-electron chi connectivity index (χ2n) is 12.2. The summed E-state index contributed by atoms with van der Waals surface area (Å²) in [6.45, 7) is 0. The lowest BCUT2D eigenvalue weighted by Gasteiger charge is -2.20. The lowest BCUT2D eigenvalue weighted by molar-refractivity contribution is -0.133. The lowest BCUT2D eigenvalue weighted by Crippen LogP contribution is -2.21. The molecule has 2 atom stereocenters. The van der Waals surface area contributed by atoms with E-state index in [1.54, 1.807) is 48.6 Å². The molecule has 0 aromatic heterocycles. The zero-order valence-electron chi connectivity index (χ0n) is 28.2. The number of anilines is 2. The molecular weight excluding hydrogens is 773 g/mol. The number of allylic oxidation sites excluding steroid dienone is 14. The molecule has 284 valence electrons. The molecule has 6 rings (SSSR count). The molecule has 0 heterocycles. The molecule has 0 bridgehead atoms. The number of nitrogens with zero attached hydrogens (tertiary/aromatic N) is 2. The number of carboxylic acid groups (broad SMARTS) is 2. The van der Waals surface area contributed by atoms with Gasteiger partial charge in [-0.3, -0.25) is 18.7 Å². The number of carbonyl (C=O) groups is 5. The van der Waals surface area contributed by atoms with Gasteiger partial charge in [0, 0.05) is 23.2 Å². The fraction of sp³-hybridized carbons (Fsp3) is 0.0541. The van der Waals surface area contributed by atoms with E-state index in [1.807, 2.05) is 0 Å². The summed E-state index contributed by atoms with van der Waals surface area (Å²) in [4.78, 5) is 68.8. The number of hydrogen-bond donors (Lipinski definition) is 6. The number of aliphatic carboxylic acids is 2. The molecule has 19 heteroatoms. The average molecular weight is 799 g/mol. The first kappa shape index (κ1) is 38.8. The summed E-state index contributed by atoms with van der Waals surface area (Å²) < 4.78 is 69.2. The van der Waals surface area contributed by atoms with Crippen molar-refractivity contribution in [2.75, 3.05) is 10.6 Å². The van der Waals surface area contributed by atoms with Crippen molar-refractivity contribution in [2.45, 2.75) is 9.79 Å². The SMILES string of the molecule is O=C(Nc1ccc(C(=O)N=C2C=C3C=CC=CC3C=C2C(=O)O)c(S(=O)(=O)O)c1)Nc1ccc(C(=O)N=C2C=C3C=CC=CC3C=C2C(=O)O)c(S(=O)(=O)O)c1. The van der Waals surface area contributed by atoms with Crippen molar-refractivity contribution >= 4 is 72.8 Å². The zero-order chi connectivity index (χ0) is 40.5. The van der Waals surface area contributed by atoms with E-state index < -0.39 is 82.8 Å². The smallest absolute Gasteiger partial charge is 0.337 e. The highest BCUT2D eigenvalue weighted by atomic mass is 32.2. The second kappa shape index (κ2) is 15.1. The number of carboxylic acids is 2. The Morgan fingerprint density at radius 1 is 0.589 bits per heavy atom. The van der Waals surface area contributed by atoms with Gasteiger partial charge < -0.3 is 20.8 Å². The van der Waals surface area contributed by atoms with E-state index >= 15 is 0 Å². The lowest BCUT2D eigenvalue weighted by atomic mass is 9.85.